The number of hydrogen-bond acceptors (Lipinski definition) is 3. The van der Waals surface area contributed by atoms with E-state index in [1.165, 1.54) is 0 Å². The molecule has 3 nitrogen and oxygen atoms in total. The predicted octanol–water partition coefficient (Wildman–Crippen LogP) is 3.97. The molecule has 92 valence electrons. The van der Waals surface area contributed by atoms with Crippen molar-refractivity contribution >= 4 is 15.9 Å². The highest BCUT2D eigenvalue weighted by Gasteiger charge is 2.04. The highest BCUT2D eigenvalue weighted by Crippen LogP contribution is 2.20. The monoisotopic (exact) mass is 311 g/mol. The van der Waals surface area contributed by atoms with Crippen molar-refractivity contribution in [2.75, 3.05) is 0 Å². The lowest BCUT2D eigenvalue weighted by atomic mass is 10.2. The van der Waals surface area contributed by atoms with E-state index < -0.39 is 0 Å². The van der Waals surface area contributed by atoms with E-state index in [1.807, 2.05) is 54.6 Å². The molecule has 3 aromatic rings. The lowest BCUT2D eigenvalue weighted by molar-refractivity contribution is 0.987. The van der Waals surface area contributed by atoms with Crippen LogP contribution in [-0.2, 0) is 0 Å². The molecule has 4 heteroatoms. The fourth-order valence-electron chi connectivity index (χ4n) is 1.75. The van der Waals surface area contributed by atoms with Crippen molar-refractivity contribution in [3.63, 3.8) is 0 Å². The Hall–Kier alpha value is -2.07. The Morgan fingerprint density at radius 1 is 0.737 bits per heavy atom. The van der Waals surface area contributed by atoms with Crippen LogP contribution < -0.4 is 0 Å². The number of halogens is 1. The van der Waals surface area contributed by atoms with Gasteiger partial charge in [-0.15, -0.1) is 10.2 Å². The van der Waals surface area contributed by atoms with E-state index in [-0.39, 0.29) is 0 Å². The summed E-state index contributed by atoms with van der Waals surface area (Å²) in [4.78, 5) is 4.36. The molecule has 0 fully saturated rings. The summed E-state index contributed by atoms with van der Waals surface area (Å²) in [6.45, 7) is 0. The van der Waals surface area contributed by atoms with Gasteiger partial charge in [-0.25, -0.2) is 4.98 Å². The molecule has 0 unspecified atom stereocenters. The zero-order valence-corrected chi connectivity index (χ0v) is 11.6. The molecule has 0 atom stereocenters. The minimum atomic E-state index is 0.640. The molecular formula is C15H10BrN3. The Morgan fingerprint density at radius 3 is 2.11 bits per heavy atom. The van der Waals surface area contributed by atoms with Crippen LogP contribution in [0.2, 0.25) is 0 Å². The quantitative estimate of drug-likeness (QED) is 0.719. The van der Waals surface area contributed by atoms with Gasteiger partial charge in [-0.3, -0.25) is 0 Å². The van der Waals surface area contributed by atoms with Crippen molar-refractivity contribution in [1.82, 2.24) is 15.2 Å². The molecule has 0 saturated carbocycles. The van der Waals surface area contributed by atoms with E-state index in [0.29, 0.717) is 5.82 Å². The summed E-state index contributed by atoms with van der Waals surface area (Å²) in [6.07, 6.45) is 1.75. The first-order valence-electron chi connectivity index (χ1n) is 5.84. The van der Waals surface area contributed by atoms with Crippen LogP contribution in [0.4, 0.5) is 0 Å². The lowest BCUT2D eigenvalue weighted by Gasteiger charge is -2.02. The molecule has 0 bridgehead atoms. The minimum absolute atomic E-state index is 0.640. The van der Waals surface area contributed by atoms with Crippen molar-refractivity contribution in [2.45, 2.75) is 0 Å². The molecule has 0 spiro atoms. The molecule has 1 heterocycles. The van der Waals surface area contributed by atoms with Crippen LogP contribution in [0.15, 0.2) is 65.3 Å². The topological polar surface area (TPSA) is 38.7 Å². The lowest BCUT2D eigenvalue weighted by Crippen LogP contribution is -1.94. The molecule has 3 rings (SSSR count). The van der Waals surface area contributed by atoms with Crippen molar-refractivity contribution in [2.24, 2.45) is 0 Å². The van der Waals surface area contributed by atoms with Crippen LogP contribution in [0.3, 0.4) is 0 Å². The maximum Gasteiger partial charge on any atom is 0.181 e. The van der Waals surface area contributed by atoms with Crippen LogP contribution in [0.1, 0.15) is 0 Å². The summed E-state index contributed by atoms with van der Waals surface area (Å²) in [5, 5.41) is 8.40. The van der Waals surface area contributed by atoms with Crippen molar-refractivity contribution in [3.05, 3.63) is 65.3 Å². The van der Waals surface area contributed by atoms with E-state index in [4.69, 9.17) is 0 Å². The fraction of sp³-hybridized carbons (Fsp3) is 0. The second-order valence-electron chi connectivity index (χ2n) is 4.04. The summed E-state index contributed by atoms with van der Waals surface area (Å²) >= 11 is 3.41. The van der Waals surface area contributed by atoms with Gasteiger partial charge in [-0.05, 0) is 12.1 Å². The van der Waals surface area contributed by atoms with Crippen LogP contribution in [0.5, 0.6) is 0 Å². The van der Waals surface area contributed by atoms with Gasteiger partial charge in [0.1, 0.15) is 5.69 Å². The van der Waals surface area contributed by atoms with Gasteiger partial charge >= 0.3 is 0 Å². The standard InChI is InChI=1S/C15H10BrN3/c16-13-8-6-11(7-9-13)14-10-17-15(19-18-14)12-4-2-1-3-5-12/h1-10H. The highest BCUT2D eigenvalue weighted by atomic mass is 79.9. The van der Waals surface area contributed by atoms with E-state index in [9.17, 15) is 0 Å². The van der Waals surface area contributed by atoms with Crippen molar-refractivity contribution in [3.8, 4) is 22.6 Å². The molecule has 0 aliphatic carbocycles. The van der Waals surface area contributed by atoms with E-state index in [1.54, 1.807) is 6.20 Å². The minimum Gasteiger partial charge on any atom is -0.233 e. The summed E-state index contributed by atoms with van der Waals surface area (Å²) in [7, 11) is 0. The van der Waals surface area contributed by atoms with Crippen LogP contribution in [0.25, 0.3) is 22.6 Å². The fourth-order valence-corrected chi connectivity index (χ4v) is 2.01. The van der Waals surface area contributed by atoms with Gasteiger partial charge in [0.15, 0.2) is 5.82 Å². The van der Waals surface area contributed by atoms with Crippen molar-refractivity contribution in [1.29, 1.82) is 0 Å². The normalized spacial score (nSPS) is 10.4. The summed E-state index contributed by atoms with van der Waals surface area (Å²) in [5.41, 5.74) is 2.74. The summed E-state index contributed by atoms with van der Waals surface area (Å²) in [5.74, 6) is 0.640. The molecule has 2 aromatic carbocycles. The number of nitrogens with zero attached hydrogens (tertiary/aromatic N) is 3. The molecule has 0 N–H and O–H groups in total. The number of benzene rings is 2. The Morgan fingerprint density at radius 2 is 1.47 bits per heavy atom. The summed E-state index contributed by atoms with van der Waals surface area (Å²) in [6, 6.07) is 17.7. The van der Waals surface area contributed by atoms with Gasteiger partial charge < -0.3 is 0 Å². The molecule has 19 heavy (non-hydrogen) atoms. The predicted molar refractivity (Wildman–Crippen MR) is 78.4 cm³/mol. The third-order valence-corrected chi connectivity index (χ3v) is 3.26. The van der Waals surface area contributed by atoms with Crippen LogP contribution in [0, 0.1) is 0 Å². The van der Waals surface area contributed by atoms with E-state index in [0.717, 1.165) is 21.3 Å². The van der Waals surface area contributed by atoms with Gasteiger partial charge in [0.25, 0.3) is 0 Å². The Labute approximate surface area is 119 Å². The third-order valence-electron chi connectivity index (χ3n) is 2.73. The largest absolute Gasteiger partial charge is 0.233 e. The molecule has 0 amide bonds. The first kappa shape index (κ1) is 12.0. The van der Waals surface area contributed by atoms with E-state index >= 15 is 0 Å². The SMILES string of the molecule is Brc1ccc(-c2cnc(-c3ccccc3)nn2)cc1. The van der Waals surface area contributed by atoms with Gasteiger partial charge in [-0.1, -0.05) is 58.4 Å². The number of hydrogen-bond donors (Lipinski definition) is 0. The first-order chi connectivity index (χ1) is 9.33. The van der Waals surface area contributed by atoms with Gasteiger partial charge in [0.05, 0.1) is 6.20 Å². The molecule has 0 aliphatic heterocycles. The molecular weight excluding hydrogens is 302 g/mol. The number of aromatic nitrogens is 3. The number of rotatable bonds is 2. The first-order valence-corrected chi connectivity index (χ1v) is 6.63. The van der Waals surface area contributed by atoms with Gasteiger partial charge in [0.2, 0.25) is 0 Å². The molecule has 0 radical (unpaired) electrons. The Bertz CT molecular complexity index is 664. The van der Waals surface area contributed by atoms with Gasteiger partial charge in [-0.2, -0.15) is 0 Å². The molecule has 0 saturated heterocycles. The second-order valence-corrected chi connectivity index (χ2v) is 4.96. The Balaban J connectivity index is 1.93. The maximum absolute atomic E-state index is 4.36. The van der Waals surface area contributed by atoms with Crippen LogP contribution >= 0.6 is 15.9 Å². The molecule has 0 aliphatic rings. The van der Waals surface area contributed by atoms with Crippen LogP contribution in [-0.4, -0.2) is 15.2 Å². The van der Waals surface area contributed by atoms with Crippen molar-refractivity contribution < 1.29 is 0 Å². The Kier molecular flexibility index (Phi) is 3.33. The second kappa shape index (κ2) is 5.28. The third kappa shape index (κ3) is 2.69. The average molecular weight is 312 g/mol. The zero-order valence-electron chi connectivity index (χ0n) is 9.99. The van der Waals surface area contributed by atoms with Gasteiger partial charge in [0, 0.05) is 15.6 Å². The average Bonchev–Trinajstić information content (AvgIpc) is 2.49. The summed E-state index contributed by atoms with van der Waals surface area (Å²) < 4.78 is 1.04. The highest BCUT2D eigenvalue weighted by molar-refractivity contribution is 9.10. The van der Waals surface area contributed by atoms with E-state index in [2.05, 4.69) is 31.1 Å². The smallest absolute Gasteiger partial charge is 0.181 e. The zero-order chi connectivity index (χ0) is 13.1. The molecule has 1 aromatic heterocycles. The maximum atomic E-state index is 4.36.